The molecule has 1 amide bonds. The molecule has 144 valence electrons. The summed E-state index contributed by atoms with van der Waals surface area (Å²) in [5.74, 6) is -0.127. The predicted octanol–water partition coefficient (Wildman–Crippen LogP) is 6.03. The lowest BCUT2D eigenvalue weighted by molar-refractivity contribution is 0.0989. The van der Waals surface area contributed by atoms with E-state index in [2.05, 4.69) is 4.98 Å². The van der Waals surface area contributed by atoms with Crippen LogP contribution in [-0.4, -0.2) is 43.0 Å². The van der Waals surface area contributed by atoms with Gasteiger partial charge in [0.2, 0.25) is 0 Å². The van der Waals surface area contributed by atoms with E-state index in [1.165, 1.54) is 22.7 Å². The van der Waals surface area contributed by atoms with E-state index in [4.69, 9.17) is 23.2 Å². The number of likely N-dealkylation sites (N-methyl/N-ethyl adjacent to an activating group) is 1. The summed E-state index contributed by atoms with van der Waals surface area (Å²) in [4.78, 5) is 22.4. The zero-order chi connectivity index (χ0) is 19.8. The van der Waals surface area contributed by atoms with E-state index in [1.54, 1.807) is 4.90 Å². The van der Waals surface area contributed by atoms with Crippen molar-refractivity contribution in [2.45, 2.75) is 0 Å². The third-order valence-electron chi connectivity index (χ3n) is 4.32. The molecule has 0 unspecified atom stereocenters. The Morgan fingerprint density at radius 1 is 1.04 bits per heavy atom. The monoisotopic (exact) mass is 449 g/mol. The first kappa shape index (κ1) is 19.6. The van der Waals surface area contributed by atoms with Gasteiger partial charge in [0.1, 0.15) is 4.88 Å². The Kier molecular flexibility index (Phi) is 5.58. The zero-order valence-corrected chi connectivity index (χ0v) is 18.4. The van der Waals surface area contributed by atoms with Crippen molar-refractivity contribution in [1.82, 2.24) is 9.88 Å². The fraction of sp³-hybridized carbons (Fsp3) is 0.200. The van der Waals surface area contributed by atoms with Gasteiger partial charge in [-0.25, -0.2) is 4.98 Å². The summed E-state index contributed by atoms with van der Waals surface area (Å²) in [5.41, 5.74) is 0.828. The highest BCUT2D eigenvalue weighted by Crippen LogP contribution is 2.38. The maximum Gasteiger partial charge on any atom is 0.271 e. The summed E-state index contributed by atoms with van der Waals surface area (Å²) in [6.07, 6.45) is 0. The molecule has 4 rings (SSSR count). The van der Waals surface area contributed by atoms with Crippen molar-refractivity contribution in [2.24, 2.45) is 0 Å². The summed E-state index contributed by atoms with van der Waals surface area (Å²) in [7, 11) is 3.96. The molecule has 0 atom stereocenters. The van der Waals surface area contributed by atoms with Gasteiger partial charge in [0.15, 0.2) is 5.13 Å². The molecule has 0 aliphatic heterocycles. The van der Waals surface area contributed by atoms with Crippen molar-refractivity contribution in [1.29, 1.82) is 0 Å². The molecule has 4 nitrogen and oxygen atoms in total. The Morgan fingerprint density at radius 3 is 2.57 bits per heavy atom. The lowest BCUT2D eigenvalue weighted by Crippen LogP contribution is -2.36. The van der Waals surface area contributed by atoms with E-state index in [-0.39, 0.29) is 5.91 Å². The van der Waals surface area contributed by atoms with E-state index >= 15 is 0 Å². The van der Waals surface area contributed by atoms with Crippen LogP contribution < -0.4 is 4.90 Å². The van der Waals surface area contributed by atoms with Gasteiger partial charge in [-0.2, -0.15) is 0 Å². The summed E-state index contributed by atoms with van der Waals surface area (Å²) >= 11 is 15.6. The smallest absolute Gasteiger partial charge is 0.271 e. The molecule has 0 bridgehead atoms. The van der Waals surface area contributed by atoms with Crippen LogP contribution in [0.4, 0.5) is 5.13 Å². The van der Waals surface area contributed by atoms with Gasteiger partial charge in [0, 0.05) is 28.2 Å². The van der Waals surface area contributed by atoms with Crippen LogP contribution in [0.5, 0.6) is 0 Å². The number of hydrogen-bond donors (Lipinski definition) is 0. The number of fused-ring (bicyclic) bond motifs is 2. The Balaban J connectivity index is 1.77. The molecule has 0 fully saturated rings. The number of anilines is 1. The third kappa shape index (κ3) is 3.75. The number of thiophene rings is 1. The maximum atomic E-state index is 13.5. The maximum absolute atomic E-state index is 13.5. The van der Waals surface area contributed by atoms with E-state index < -0.39 is 0 Å². The number of carbonyl (C=O) groups excluding carboxylic acids is 1. The second-order valence-corrected chi connectivity index (χ2v) is 9.49. The molecule has 0 aliphatic carbocycles. The quantitative estimate of drug-likeness (QED) is 0.373. The van der Waals surface area contributed by atoms with Gasteiger partial charge >= 0.3 is 0 Å². The first-order valence-electron chi connectivity index (χ1n) is 8.64. The average molecular weight is 450 g/mol. The number of thiazole rings is 1. The molecule has 0 saturated heterocycles. The van der Waals surface area contributed by atoms with Crippen molar-refractivity contribution >= 4 is 77.2 Å². The molecule has 0 radical (unpaired) electrons. The number of aromatic nitrogens is 1. The molecule has 0 aliphatic rings. The van der Waals surface area contributed by atoms with Crippen LogP contribution in [-0.2, 0) is 0 Å². The van der Waals surface area contributed by atoms with Crippen molar-refractivity contribution in [3.8, 4) is 0 Å². The van der Waals surface area contributed by atoms with Gasteiger partial charge in [-0.05, 0) is 38.4 Å². The predicted molar refractivity (Wildman–Crippen MR) is 122 cm³/mol. The normalized spacial score (nSPS) is 11.6. The van der Waals surface area contributed by atoms with Gasteiger partial charge in [-0.1, -0.05) is 52.7 Å². The zero-order valence-electron chi connectivity index (χ0n) is 15.3. The Bertz CT molecular complexity index is 1170. The number of halogens is 2. The largest absolute Gasteiger partial charge is 0.308 e. The van der Waals surface area contributed by atoms with Crippen LogP contribution in [0, 0.1) is 0 Å². The van der Waals surface area contributed by atoms with E-state index in [1.807, 2.05) is 61.5 Å². The van der Waals surface area contributed by atoms with Crippen molar-refractivity contribution in [3.63, 3.8) is 0 Å². The molecule has 4 aromatic rings. The van der Waals surface area contributed by atoms with Crippen LogP contribution in [0.25, 0.3) is 20.3 Å². The molecule has 0 saturated carbocycles. The van der Waals surface area contributed by atoms with Crippen LogP contribution in [0.2, 0.25) is 10.0 Å². The minimum Gasteiger partial charge on any atom is -0.308 e. The van der Waals surface area contributed by atoms with Crippen LogP contribution in [0.3, 0.4) is 0 Å². The number of hydrogen-bond acceptors (Lipinski definition) is 5. The van der Waals surface area contributed by atoms with Gasteiger partial charge in [-0.3, -0.25) is 9.69 Å². The summed E-state index contributed by atoms with van der Waals surface area (Å²) in [5, 5.41) is 2.71. The van der Waals surface area contributed by atoms with Crippen LogP contribution in [0.1, 0.15) is 9.67 Å². The Labute approximate surface area is 180 Å². The molecule has 8 heteroatoms. The first-order chi connectivity index (χ1) is 13.4. The minimum atomic E-state index is -0.127. The second kappa shape index (κ2) is 7.97. The highest BCUT2D eigenvalue weighted by atomic mass is 35.5. The standard InChI is InChI=1S/C20H17Cl2N3OS2/c1-24(2)9-10-25(20-23-14-8-7-12(21)11-16(14)28-20)19(26)18-17(22)13-5-3-4-6-15(13)27-18/h3-8,11H,9-10H2,1-2H3. The molecule has 2 aromatic carbocycles. The lowest BCUT2D eigenvalue weighted by Gasteiger charge is -2.21. The van der Waals surface area contributed by atoms with E-state index in [0.29, 0.717) is 33.1 Å². The average Bonchev–Trinajstić information content (AvgIpc) is 3.22. The fourth-order valence-corrected chi connectivity index (χ4v) is 5.59. The number of benzene rings is 2. The molecule has 2 aromatic heterocycles. The number of carbonyl (C=O) groups is 1. The van der Waals surface area contributed by atoms with Crippen molar-refractivity contribution < 1.29 is 4.79 Å². The number of amides is 1. The molecular formula is C20H17Cl2N3OS2. The minimum absolute atomic E-state index is 0.127. The molecule has 0 N–H and O–H groups in total. The molecule has 28 heavy (non-hydrogen) atoms. The van der Waals surface area contributed by atoms with Crippen molar-refractivity contribution in [3.05, 3.63) is 57.4 Å². The van der Waals surface area contributed by atoms with Gasteiger partial charge < -0.3 is 4.90 Å². The van der Waals surface area contributed by atoms with Crippen LogP contribution in [0.15, 0.2) is 42.5 Å². The van der Waals surface area contributed by atoms with Crippen molar-refractivity contribution in [2.75, 3.05) is 32.1 Å². The third-order valence-corrected chi connectivity index (χ3v) is 7.25. The second-order valence-electron chi connectivity index (χ2n) is 6.61. The number of nitrogens with zero attached hydrogens (tertiary/aromatic N) is 3. The number of rotatable bonds is 5. The van der Waals surface area contributed by atoms with Crippen LogP contribution >= 0.6 is 45.9 Å². The SMILES string of the molecule is CN(C)CCN(C(=O)c1sc2ccccc2c1Cl)c1nc2ccc(Cl)cc2s1. The van der Waals surface area contributed by atoms with E-state index in [0.717, 1.165) is 20.3 Å². The molecule has 0 spiro atoms. The summed E-state index contributed by atoms with van der Waals surface area (Å²) in [6, 6.07) is 13.3. The summed E-state index contributed by atoms with van der Waals surface area (Å²) < 4.78 is 1.95. The highest BCUT2D eigenvalue weighted by molar-refractivity contribution is 7.23. The Hall–Kier alpha value is -1.70. The topological polar surface area (TPSA) is 36.4 Å². The Morgan fingerprint density at radius 2 is 1.82 bits per heavy atom. The lowest BCUT2D eigenvalue weighted by atomic mass is 10.2. The van der Waals surface area contributed by atoms with Gasteiger partial charge in [-0.15, -0.1) is 11.3 Å². The first-order valence-corrected chi connectivity index (χ1v) is 11.0. The molecule has 2 heterocycles. The van der Waals surface area contributed by atoms with Gasteiger partial charge in [0.25, 0.3) is 5.91 Å². The molecular weight excluding hydrogens is 433 g/mol. The fourth-order valence-electron chi connectivity index (χ4n) is 2.86. The highest BCUT2D eigenvalue weighted by Gasteiger charge is 2.26. The van der Waals surface area contributed by atoms with E-state index in [9.17, 15) is 4.79 Å². The van der Waals surface area contributed by atoms with Gasteiger partial charge in [0.05, 0.1) is 15.2 Å². The summed E-state index contributed by atoms with van der Waals surface area (Å²) in [6.45, 7) is 1.23.